The topological polar surface area (TPSA) is 88.5 Å². The fourth-order valence-electron chi connectivity index (χ4n) is 3.45. The lowest BCUT2D eigenvalue weighted by Gasteiger charge is -2.21. The van der Waals surface area contributed by atoms with Crippen molar-refractivity contribution in [3.63, 3.8) is 0 Å². The van der Waals surface area contributed by atoms with Crippen LogP contribution in [0.25, 0.3) is 0 Å². The highest BCUT2D eigenvalue weighted by atomic mass is 16.5. The number of methoxy groups -OCH3 is 1. The Morgan fingerprint density at radius 1 is 1.23 bits per heavy atom. The molecule has 1 aliphatic heterocycles. The normalized spacial score (nSPS) is 15.7. The molecule has 0 unspecified atom stereocenters. The summed E-state index contributed by atoms with van der Waals surface area (Å²) in [6, 6.07) is 14.2. The van der Waals surface area contributed by atoms with Crippen molar-refractivity contribution in [3.8, 4) is 5.75 Å². The van der Waals surface area contributed by atoms with Crippen LogP contribution in [0.15, 0.2) is 60.9 Å². The van der Waals surface area contributed by atoms with Crippen molar-refractivity contribution >= 4 is 23.3 Å². The number of hydrogen-bond donors (Lipinski definition) is 2. The number of aromatic nitrogens is 2. The van der Waals surface area contributed by atoms with E-state index in [-0.39, 0.29) is 12.5 Å². The largest absolute Gasteiger partial charge is 0.497 e. The molecule has 2 aromatic carbocycles. The lowest BCUT2D eigenvalue weighted by molar-refractivity contribution is -0.119. The van der Waals surface area contributed by atoms with Gasteiger partial charge in [-0.1, -0.05) is 30.3 Å². The second-order valence-electron chi connectivity index (χ2n) is 7.12. The van der Waals surface area contributed by atoms with E-state index < -0.39 is 12.1 Å². The predicted molar refractivity (Wildman–Crippen MR) is 114 cm³/mol. The molecule has 4 rings (SSSR count). The molecule has 2 amide bonds. The fraction of sp³-hybridized carbons (Fsp3) is 0.227. The minimum Gasteiger partial charge on any atom is -0.497 e. The first-order valence-corrected chi connectivity index (χ1v) is 9.63. The van der Waals surface area contributed by atoms with Crippen LogP contribution < -0.4 is 20.3 Å². The molecule has 8 heteroatoms. The first kappa shape index (κ1) is 19.5. The molecule has 1 atom stereocenters. The third-order valence-corrected chi connectivity index (χ3v) is 5.08. The highest BCUT2D eigenvalue weighted by Gasteiger charge is 2.30. The van der Waals surface area contributed by atoms with Gasteiger partial charge in [0.1, 0.15) is 11.8 Å². The lowest BCUT2D eigenvalue weighted by Crippen LogP contribution is -2.50. The Morgan fingerprint density at radius 3 is 2.80 bits per heavy atom. The summed E-state index contributed by atoms with van der Waals surface area (Å²) < 4.78 is 6.48. The number of carbonyl (C=O) groups excluding carboxylic acids is 2. The smallest absolute Gasteiger partial charge is 0.342 e. The van der Waals surface area contributed by atoms with Crippen LogP contribution in [0.1, 0.15) is 11.1 Å². The van der Waals surface area contributed by atoms with Gasteiger partial charge < -0.3 is 20.3 Å². The minimum absolute atomic E-state index is 0.212. The maximum atomic E-state index is 12.9. The molecule has 0 saturated heterocycles. The first-order valence-electron chi connectivity index (χ1n) is 9.63. The molecule has 3 aromatic rings. The molecule has 0 aliphatic carbocycles. The molecule has 0 spiro atoms. The summed E-state index contributed by atoms with van der Waals surface area (Å²) in [6.45, 7) is 0.257. The number of hydrogen-bond acceptors (Lipinski definition) is 5. The van der Waals surface area contributed by atoms with Gasteiger partial charge in [-0.15, -0.1) is 0 Å². The Kier molecular flexibility index (Phi) is 5.38. The van der Waals surface area contributed by atoms with Crippen molar-refractivity contribution in [3.05, 3.63) is 72.1 Å². The van der Waals surface area contributed by atoms with E-state index >= 15 is 0 Å². The average Bonchev–Trinajstić information content (AvgIpc) is 3.20. The number of nitrogens with one attached hydrogen (secondary N) is 2. The molecule has 0 bridgehead atoms. The molecular formula is C22H23N5O3. The molecule has 1 aromatic heterocycles. The van der Waals surface area contributed by atoms with Crippen molar-refractivity contribution in [2.24, 2.45) is 0 Å². The number of anilines is 2. The van der Waals surface area contributed by atoms with Gasteiger partial charge in [-0.05, 0) is 23.3 Å². The number of rotatable bonds is 4. The Balaban J connectivity index is 1.45. The Bertz CT molecular complexity index is 1060. The number of nitrogens with zero attached hydrogens (tertiary/aromatic N) is 3. The summed E-state index contributed by atoms with van der Waals surface area (Å²) >= 11 is 0. The van der Waals surface area contributed by atoms with Gasteiger partial charge >= 0.3 is 6.03 Å². The maximum absolute atomic E-state index is 12.9. The monoisotopic (exact) mass is 405 g/mol. The fourth-order valence-corrected chi connectivity index (χ4v) is 3.45. The van der Waals surface area contributed by atoms with Crippen LogP contribution >= 0.6 is 0 Å². The molecule has 0 fully saturated rings. The molecule has 8 nitrogen and oxygen atoms in total. The van der Waals surface area contributed by atoms with Crippen LogP contribution in [-0.2, 0) is 11.2 Å². The third-order valence-electron chi connectivity index (χ3n) is 5.08. The van der Waals surface area contributed by atoms with E-state index in [4.69, 9.17) is 4.74 Å². The zero-order valence-corrected chi connectivity index (χ0v) is 16.8. The summed E-state index contributed by atoms with van der Waals surface area (Å²) in [5.74, 6) is 0.475. The second-order valence-corrected chi connectivity index (χ2v) is 7.12. The highest BCUT2D eigenvalue weighted by Crippen LogP contribution is 2.31. The van der Waals surface area contributed by atoms with E-state index in [0.717, 1.165) is 22.5 Å². The van der Waals surface area contributed by atoms with Crippen LogP contribution in [0, 0.1) is 0 Å². The van der Waals surface area contributed by atoms with E-state index in [0.29, 0.717) is 12.2 Å². The van der Waals surface area contributed by atoms with E-state index in [1.54, 1.807) is 32.6 Å². The molecule has 154 valence electrons. The number of amides is 2. The molecule has 0 radical (unpaired) electrons. The number of likely N-dealkylation sites (N-methyl/N-ethyl adjacent to an activating group) is 1. The van der Waals surface area contributed by atoms with Crippen molar-refractivity contribution < 1.29 is 14.3 Å². The number of carbonyl (C=O) groups is 2. The maximum Gasteiger partial charge on any atom is 0.342 e. The minimum atomic E-state index is -0.734. The molecule has 1 aliphatic rings. The van der Waals surface area contributed by atoms with E-state index in [1.165, 1.54) is 9.58 Å². The SMILES string of the molecule is COc1ccc2c(c1)NC[C@H](NC(=O)n1cc(Cc3ccccc3)cn1)C(=O)N2C. The predicted octanol–water partition coefficient (Wildman–Crippen LogP) is 2.50. The van der Waals surface area contributed by atoms with Crippen molar-refractivity contribution in [2.75, 3.05) is 30.9 Å². The van der Waals surface area contributed by atoms with E-state index in [2.05, 4.69) is 15.7 Å². The molecule has 2 heterocycles. The van der Waals surface area contributed by atoms with Gasteiger partial charge in [0.15, 0.2) is 0 Å². The molecular weight excluding hydrogens is 382 g/mol. The van der Waals surface area contributed by atoms with Gasteiger partial charge in [-0.25, -0.2) is 4.79 Å². The van der Waals surface area contributed by atoms with Crippen molar-refractivity contribution in [1.82, 2.24) is 15.1 Å². The van der Waals surface area contributed by atoms with Gasteiger partial charge in [0, 0.05) is 32.3 Å². The zero-order chi connectivity index (χ0) is 21.1. The van der Waals surface area contributed by atoms with Crippen LogP contribution in [0.5, 0.6) is 5.75 Å². The van der Waals surface area contributed by atoms with Crippen molar-refractivity contribution in [2.45, 2.75) is 12.5 Å². The molecule has 0 saturated carbocycles. The average molecular weight is 405 g/mol. The summed E-state index contributed by atoms with van der Waals surface area (Å²) in [6.07, 6.45) is 4.02. The summed E-state index contributed by atoms with van der Waals surface area (Å²) in [5, 5.41) is 10.1. The Morgan fingerprint density at radius 2 is 2.03 bits per heavy atom. The van der Waals surface area contributed by atoms with Crippen LogP contribution in [0.4, 0.5) is 16.2 Å². The number of ether oxygens (including phenoxy) is 1. The summed E-state index contributed by atoms with van der Waals surface area (Å²) in [7, 11) is 3.28. The lowest BCUT2D eigenvalue weighted by atomic mass is 10.1. The van der Waals surface area contributed by atoms with Crippen molar-refractivity contribution in [1.29, 1.82) is 0 Å². The number of benzene rings is 2. The van der Waals surface area contributed by atoms with E-state index in [9.17, 15) is 9.59 Å². The Labute approximate surface area is 174 Å². The Hall–Kier alpha value is -3.81. The van der Waals surface area contributed by atoms with Gasteiger partial charge in [-0.2, -0.15) is 9.78 Å². The second kappa shape index (κ2) is 8.28. The first-order chi connectivity index (χ1) is 14.5. The van der Waals surface area contributed by atoms with Crippen LogP contribution in [0.2, 0.25) is 0 Å². The van der Waals surface area contributed by atoms with Gasteiger partial charge in [0.05, 0.1) is 24.7 Å². The standard InChI is InChI=1S/C22H23N5O3/c1-26-20-9-8-17(30-2)11-18(20)23-13-19(21(26)28)25-22(29)27-14-16(12-24-27)10-15-6-4-3-5-7-15/h3-9,11-12,14,19,23H,10,13H2,1-2H3,(H,25,29)/t19-/m0/s1. The molecule has 2 N–H and O–H groups in total. The highest BCUT2D eigenvalue weighted by molar-refractivity contribution is 6.02. The molecule has 30 heavy (non-hydrogen) atoms. The van der Waals surface area contributed by atoms with Crippen LogP contribution in [-0.4, -0.2) is 48.5 Å². The summed E-state index contributed by atoms with van der Waals surface area (Å²) in [4.78, 5) is 27.1. The zero-order valence-electron chi connectivity index (χ0n) is 16.8. The quantitative estimate of drug-likeness (QED) is 0.696. The van der Waals surface area contributed by atoms with Gasteiger partial charge in [0.2, 0.25) is 0 Å². The van der Waals surface area contributed by atoms with E-state index in [1.807, 2.05) is 42.5 Å². The van der Waals surface area contributed by atoms with Crippen LogP contribution in [0.3, 0.4) is 0 Å². The third kappa shape index (κ3) is 3.98. The summed E-state index contributed by atoms with van der Waals surface area (Å²) in [5.41, 5.74) is 3.54. The number of fused-ring (bicyclic) bond motifs is 1. The van der Waals surface area contributed by atoms with Gasteiger partial charge in [-0.3, -0.25) is 4.79 Å². The van der Waals surface area contributed by atoms with Gasteiger partial charge in [0.25, 0.3) is 5.91 Å².